The van der Waals surface area contributed by atoms with E-state index in [9.17, 15) is 5.11 Å². The fraction of sp³-hybridized carbons (Fsp3) is 0.765. The largest absolute Gasteiger partial charge is 0.393 e. The van der Waals surface area contributed by atoms with E-state index in [-0.39, 0.29) is 6.10 Å². The topological polar surface area (TPSA) is 29.5 Å². The molecule has 1 aromatic carbocycles. The zero-order chi connectivity index (χ0) is 26.2. The van der Waals surface area contributed by atoms with Gasteiger partial charge >= 0.3 is 0 Å². The molecule has 37 heavy (non-hydrogen) atoms. The number of aliphatic hydroxyl groups excluding tert-OH is 1. The molecule has 1 aromatic rings. The molecule has 0 amide bonds. The van der Waals surface area contributed by atoms with E-state index in [1.807, 2.05) is 0 Å². The van der Waals surface area contributed by atoms with E-state index in [2.05, 4.69) is 71.9 Å². The Labute approximate surface area is 228 Å². The van der Waals surface area contributed by atoms with Crippen LogP contribution in [0.25, 0.3) is 0 Å². The molecule has 5 rings (SSSR count). The lowest BCUT2D eigenvalue weighted by Crippen LogP contribution is -2.51. The van der Waals surface area contributed by atoms with Gasteiger partial charge in [0, 0.05) is 0 Å². The minimum Gasteiger partial charge on any atom is -0.393 e. The van der Waals surface area contributed by atoms with Gasteiger partial charge in [-0.2, -0.15) is 0 Å². The van der Waals surface area contributed by atoms with Gasteiger partial charge in [0.1, 0.15) is 7.85 Å². The third-order valence-electron chi connectivity index (χ3n) is 12.2. The summed E-state index contributed by atoms with van der Waals surface area (Å²) in [5, 5.41) is 11.5. The van der Waals surface area contributed by atoms with Crippen molar-refractivity contribution in [1.82, 2.24) is 0 Å². The molecule has 0 bridgehead atoms. The van der Waals surface area contributed by atoms with E-state index in [1.165, 1.54) is 63.3 Å². The molecule has 3 saturated carbocycles. The van der Waals surface area contributed by atoms with Crippen LogP contribution >= 0.6 is 0 Å². The fourth-order valence-corrected chi connectivity index (χ4v) is 9.81. The zero-order valence-electron chi connectivity index (χ0n) is 24.4. The highest BCUT2D eigenvalue weighted by Crippen LogP contribution is 2.67. The molecule has 0 spiro atoms. The molecule has 2 nitrogen and oxygen atoms in total. The fourth-order valence-electron chi connectivity index (χ4n) is 9.81. The van der Waals surface area contributed by atoms with Crippen molar-refractivity contribution in [1.29, 1.82) is 0 Å². The minimum atomic E-state index is -0.104. The molecule has 204 valence electrons. The van der Waals surface area contributed by atoms with Crippen LogP contribution in [0.5, 0.6) is 0 Å². The van der Waals surface area contributed by atoms with Gasteiger partial charge in [0.15, 0.2) is 0 Å². The second kappa shape index (κ2) is 11.2. The molecule has 4 aliphatic rings. The van der Waals surface area contributed by atoms with Crippen molar-refractivity contribution in [2.75, 3.05) is 0 Å². The van der Waals surface area contributed by atoms with Crippen LogP contribution in [-0.2, 0) is 11.3 Å². The maximum atomic E-state index is 11.5. The van der Waals surface area contributed by atoms with Crippen LogP contribution in [0.15, 0.2) is 42.0 Å². The molecule has 0 unspecified atom stereocenters. The molecule has 3 fully saturated rings. The molecule has 0 saturated heterocycles. The number of rotatable bonds is 9. The Hall–Kier alpha value is -1.06. The number of fused-ring (bicyclic) bond motifs is 5. The summed E-state index contributed by atoms with van der Waals surface area (Å²) in [6.07, 6.45) is 16.6. The number of ether oxygens (including phenoxy) is 1. The summed E-state index contributed by atoms with van der Waals surface area (Å²) in [4.78, 5) is 0. The number of allylic oxidation sites excluding steroid dienone is 1. The molecule has 0 radical (unpaired) electrons. The van der Waals surface area contributed by atoms with E-state index >= 15 is 0 Å². The number of hydrogen-bond acceptors (Lipinski definition) is 2. The standard InChI is InChI=1S/C34H53BO2/c1-23(21-35)9-8-10-24(2)32-31(36)20-30-28-14-13-26-19-27(37-22-25-11-6-5-7-12-25)15-17-33(26,3)29(28)16-18-34(30,32)4/h5-7,11-13,23-24,27-32,36H,8-10,14-22,35H2,1-4H3/t23-,24-,27+,28-,29+,30+,31+,32+,33+,34+/m1/s1. The van der Waals surface area contributed by atoms with Crippen LogP contribution in [-0.4, -0.2) is 25.2 Å². The van der Waals surface area contributed by atoms with Crippen molar-refractivity contribution in [2.24, 2.45) is 46.3 Å². The van der Waals surface area contributed by atoms with Gasteiger partial charge in [0.2, 0.25) is 0 Å². The third-order valence-corrected chi connectivity index (χ3v) is 12.2. The van der Waals surface area contributed by atoms with Crippen LogP contribution in [0.3, 0.4) is 0 Å². The summed E-state index contributed by atoms with van der Waals surface area (Å²) < 4.78 is 6.42. The maximum Gasteiger partial charge on any atom is 0.101 e. The van der Waals surface area contributed by atoms with Crippen molar-refractivity contribution in [2.45, 2.75) is 117 Å². The average molecular weight is 505 g/mol. The van der Waals surface area contributed by atoms with Gasteiger partial charge in [-0.05, 0) is 90.9 Å². The van der Waals surface area contributed by atoms with Gasteiger partial charge in [-0.1, -0.05) is 101 Å². The molecule has 0 heterocycles. The summed E-state index contributed by atoms with van der Waals surface area (Å²) in [6.45, 7) is 10.8. The van der Waals surface area contributed by atoms with Crippen molar-refractivity contribution >= 4 is 7.85 Å². The molecule has 1 N–H and O–H groups in total. The Bertz CT molecular complexity index is 929. The molecule has 0 aromatic heterocycles. The lowest BCUT2D eigenvalue weighted by molar-refractivity contribution is -0.0690. The monoisotopic (exact) mass is 504 g/mol. The summed E-state index contributed by atoms with van der Waals surface area (Å²) in [6, 6.07) is 10.6. The second-order valence-corrected chi connectivity index (χ2v) is 14.2. The predicted octanol–water partition coefficient (Wildman–Crippen LogP) is 7.62. The smallest absolute Gasteiger partial charge is 0.101 e. The van der Waals surface area contributed by atoms with Gasteiger partial charge in [-0.3, -0.25) is 0 Å². The first kappa shape index (κ1) is 27.5. The van der Waals surface area contributed by atoms with E-state index in [0.717, 1.165) is 37.2 Å². The first-order chi connectivity index (χ1) is 17.8. The quantitative estimate of drug-likeness (QED) is 0.277. The highest BCUT2D eigenvalue weighted by molar-refractivity contribution is 6.08. The molecule has 3 heteroatoms. The number of benzene rings is 1. The Morgan fingerprint density at radius 3 is 2.59 bits per heavy atom. The highest BCUT2D eigenvalue weighted by Gasteiger charge is 2.61. The number of aliphatic hydroxyl groups is 1. The molecule has 0 aliphatic heterocycles. The lowest BCUT2D eigenvalue weighted by atomic mass is 9.47. The Morgan fingerprint density at radius 1 is 1.05 bits per heavy atom. The first-order valence-corrected chi connectivity index (χ1v) is 15.8. The van der Waals surface area contributed by atoms with Gasteiger partial charge < -0.3 is 9.84 Å². The van der Waals surface area contributed by atoms with Crippen molar-refractivity contribution in [3.63, 3.8) is 0 Å². The van der Waals surface area contributed by atoms with Crippen LogP contribution in [0.1, 0.15) is 97.5 Å². The van der Waals surface area contributed by atoms with E-state index < -0.39 is 0 Å². The Balaban J connectivity index is 1.25. The summed E-state index contributed by atoms with van der Waals surface area (Å²) in [7, 11) is 2.31. The van der Waals surface area contributed by atoms with E-state index in [1.54, 1.807) is 5.57 Å². The highest BCUT2D eigenvalue weighted by atomic mass is 16.5. The molecule has 10 atom stereocenters. The van der Waals surface area contributed by atoms with Crippen LogP contribution in [0, 0.1) is 46.3 Å². The lowest BCUT2D eigenvalue weighted by Gasteiger charge is -2.58. The van der Waals surface area contributed by atoms with Gasteiger partial charge in [-0.25, -0.2) is 0 Å². The van der Waals surface area contributed by atoms with Gasteiger partial charge in [-0.15, -0.1) is 0 Å². The van der Waals surface area contributed by atoms with Crippen molar-refractivity contribution < 1.29 is 9.84 Å². The first-order valence-electron chi connectivity index (χ1n) is 15.8. The average Bonchev–Trinajstić information content (AvgIpc) is 3.17. The van der Waals surface area contributed by atoms with E-state index in [0.29, 0.717) is 34.7 Å². The number of hydrogen-bond donors (Lipinski definition) is 1. The normalized spacial score (nSPS) is 40.7. The molecular weight excluding hydrogens is 451 g/mol. The van der Waals surface area contributed by atoms with E-state index in [4.69, 9.17) is 4.74 Å². The van der Waals surface area contributed by atoms with Crippen LogP contribution in [0.2, 0.25) is 6.32 Å². The van der Waals surface area contributed by atoms with Crippen molar-refractivity contribution in [3.8, 4) is 0 Å². The summed E-state index contributed by atoms with van der Waals surface area (Å²) >= 11 is 0. The van der Waals surface area contributed by atoms with Crippen LogP contribution < -0.4 is 0 Å². The maximum absolute atomic E-state index is 11.5. The Morgan fingerprint density at radius 2 is 1.84 bits per heavy atom. The van der Waals surface area contributed by atoms with Crippen LogP contribution in [0.4, 0.5) is 0 Å². The van der Waals surface area contributed by atoms with Gasteiger partial charge in [0.05, 0.1) is 18.8 Å². The summed E-state index contributed by atoms with van der Waals surface area (Å²) in [5.41, 5.74) is 3.62. The van der Waals surface area contributed by atoms with Crippen molar-refractivity contribution in [3.05, 3.63) is 47.5 Å². The second-order valence-electron chi connectivity index (χ2n) is 14.2. The minimum absolute atomic E-state index is 0.104. The third kappa shape index (κ3) is 5.26. The molecule has 4 aliphatic carbocycles. The predicted molar refractivity (Wildman–Crippen MR) is 157 cm³/mol. The SMILES string of the molecule is BC[C@H](C)CCC[C@@H](C)[C@H]1[C@@H](O)C[C@H]2[C@@H]3CC=C4C[C@@H](OCc5ccccc5)CC[C@]4(C)[C@H]3CC[C@]12C. The van der Waals surface area contributed by atoms with Gasteiger partial charge in [0.25, 0.3) is 0 Å². The Kier molecular flexibility index (Phi) is 8.33. The summed E-state index contributed by atoms with van der Waals surface area (Å²) in [5.74, 6) is 4.17. The zero-order valence-corrected chi connectivity index (χ0v) is 24.4. The molecular formula is C34H53BO2.